The van der Waals surface area contributed by atoms with Gasteiger partial charge in [-0.1, -0.05) is 5.11 Å². The van der Waals surface area contributed by atoms with Crippen LogP contribution in [-0.4, -0.2) is 58.9 Å². The number of hydrogen-bond donors (Lipinski definition) is 3. The zero-order valence-electron chi connectivity index (χ0n) is 12.0. The van der Waals surface area contributed by atoms with Gasteiger partial charge in [0.15, 0.2) is 12.3 Å². The largest absolute Gasteiger partial charge is 0.387 e. The van der Waals surface area contributed by atoms with Crippen LogP contribution in [0, 0.1) is 5.82 Å². The Labute approximate surface area is 130 Å². The number of rotatable bonds is 3. The van der Waals surface area contributed by atoms with Crippen LogP contribution in [0.4, 0.5) is 10.1 Å². The summed E-state index contributed by atoms with van der Waals surface area (Å²) in [7, 11) is 1.37. The molecule has 1 aromatic carbocycles. The first-order valence-corrected chi connectivity index (χ1v) is 6.64. The molecule has 1 heterocycles. The van der Waals surface area contributed by atoms with Crippen molar-refractivity contribution in [1.29, 1.82) is 0 Å². The molecule has 3 N–H and O–H groups in total. The molecule has 1 aromatic rings. The monoisotopic (exact) mass is 326 g/mol. The van der Waals surface area contributed by atoms with E-state index in [2.05, 4.69) is 10.0 Å². The van der Waals surface area contributed by atoms with Crippen LogP contribution in [-0.2, 0) is 9.53 Å². The van der Waals surface area contributed by atoms with Crippen LogP contribution in [0.2, 0.25) is 0 Å². The Bertz CT molecular complexity index is 621. The molecule has 2 rings (SSSR count). The van der Waals surface area contributed by atoms with E-state index in [1.807, 2.05) is 0 Å². The van der Waals surface area contributed by atoms with E-state index >= 15 is 0 Å². The van der Waals surface area contributed by atoms with Crippen LogP contribution in [0.1, 0.15) is 0 Å². The van der Waals surface area contributed by atoms with Crippen molar-refractivity contribution in [1.82, 2.24) is 0 Å². The molecule has 1 aliphatic heterocycles. The number of aliphatic hydroxyl groups is 3. The molecule has 124 valence electrons. The number of carbonyl (C=O) groups is 1. The number of benzene rings is 1. The fourth-order valence-electron chi connectivity index (χ4n) is 2.19. The maximum absolute atomic E-state index is 12.9. The van der Waals surface area contributed by atoms with Crippen molar-refractivity contribution in [3.8, 4) is 0 Å². The normalized spacial score (nSPS) is 30.4. The van der Waals surface area contributed by atoms with Crippen molar-refractivity contribution in [2.24, 2.45) is 5.11 Å². The number of azide groups is 1. The van der Waals surface area contributed by atoms with Crippen LogP contribution < -0.4 is 4.90 Å². The first-order chi connectivity index (χ1) is 10.9. The third-order valence-corrected chi connectivity index (χ3v) is 3.54. The third-order valence-electron chi connectivity index (χ3n) is 3.54. The SMILES string of the molecule is CN(C(=O)[C@H]1OC(N=[N+]=[N-])[C@H](O)[C@@H](O)[C@@H]1O)c1ccc(F)cc1. The molecule has 10 heteroatoms. The lowest BCUT2D eigenvalue weighted by atomic mass is 9.97. The highest BCUT2D eigenvalue weighted by Gasteiger charge is 2.47. The fraction of sp³-hybridized carbons (Fsp3) is 0.462. The minimum Gasteiger partial charge on any atom is -0.387 e. The summed E-state index contributed by atoms with van der Waals surface area (Å²) in [5, 5.41) is 32.5. The molecule has 9 nitrogen and oxygen atoms in total. The topological polar surface area (TPSA) is 139 Å². The molecular weight excluding hydrogens is 311 g/mol. The smallest absolute Gasteiger partial charge is 0.258 e. The molecular formula is C13H15FN4O5. The molecule has 0 aromatic heterocycles. The molecule has 23 heavy (non-hydrogen) atoms. The van der Waals surface area contributed by atoms with Gasteiger partial charge in [0.1, 0.15) is 24.1 Å². The molecule has 1 unspecified atom stereocenters. The second-order valence-corrected chi connectivity index (χ2v) is 5.00. The summed E-state index contributed by atoms with van der Waals surface area (Å²) in [5.41, 5.74) is 8.75. The van der Waals surface area contributed by atoms with Gasteiger partial charge in [-0.05, 0) is 29.8 Å². The van der Waals surface area contributed by atoms with Crippen LogP contribution in [0.3, 0.4) is 0 Å². The van der Waals surface area contributed by atoms with E-state index in [-0.39, 0.29) is 0 Å². The van der Waals surface area contributed by atoms with Gasteiger partial charge in [0.25, 0.3) is 5.91 Å². The van der Waals surface area contributed by atoms with E-state index in [9.17, 15) is 24.5 Å². The molecule has 1 aliphatic rings. The lowest BCUT2D eigenvalue weighted by Gasteiger charge is -2.39. The molecule has 1 fully saturated rings. The highest BCUT2D eigenvalue weighted by molar-refractivity contribution is 5.96. The zero-order valence-corrected chi connectivity index (χ0v) is 12.0. The first-order valence-electron chi connectivity index (χ1n) is 6.64. The van der Waals surface area contributed by atoms with E-state index < -0.39 is 42.4 Å². The highest BCUT2D eigenvalue weighted by atomic mass is 19.1. The Hall–Kier alpha value is -2.23. The molecule has 0 saturated carbocycles. The van der Waals surface area contributed by atoms with Crippen molar-refractivity contribution in [3.05, 3.63) is 40.5 Å². The average molecular weight is 326 g/mol. The maximum Gasteiger partial charge on any atom is 0.258 e. The Kier molecular flexibility index (Phi) is 5.14. The number of ether oxygens (including phenoxy) is 1. The summed E-state index contributed by atoms with van der Waals surface area (Å²) in [4.78, 5) is 16.0. The third kappa shape index (κ3) is 3.41. The summed E-state index contributed by atoms with van der Waals surface area (Å²) < 4.78 is 18.0. The molecule has 0 aliphatic carbocycles. The number of hydrogen-bond acceptors (Lipinski definition) is 6. The van der Waals surface area contributed by atoms with Gasteiger partial charge in [-0.2, -0.15) is 0 Å². The molecule has 1 saturated heterocycles. The minimum absolute atomic E-state index is 0.327. The van der Waals surface area contributed by atoms with Gasteiger partial charge in [-0.3, -0.25) is 4.79 Å². The number of halogens is 1. The number of nitrogens with zero attached hydrogens (tertiary/aromatic N) is 4. The van der Waals surface area contributed by atoms with Gasteiger partial charge in [0, 0.05) is 17.6 Å². The number of aliphatic hydroxyl groups excluding tert-OH is 3. The van der Waals surface area contributed by atoms with Crippen molar-refractivity contribution in [2.75, 3.05) is 11.9 Å². The molecule has 0 radical (unpaired) electrons. The molecule has 0 bridgehead atoms. The number of amides is 1. The van der Waals surface area contributed by atoms with Gasteiger partial charge < -0.3 is 25.0 Å². The summed E-state index contributed by atoms with van der Waals surface area (Å²) in [6.45, 7) is 0. The summed E-state index contributed by atoms with van der Waals surface area (Å²) in [6, 6.07) is 4.99. The van der Waals surface area contributed by atoms with E-state index in [0.29, 0.717) is 5.69 Å². The highest BCUT2D eigenvalue weighted by Crippen LogP contribution is 2.25. The van der Waals surface area contributed by atoms with Crippen molar-refractivity contribution in [3.63, 3.8) is 0 Å². The maximum atomic E-state index is 12.9. The Morgan fingerprint density at radius 3 is 2.43 bits per heavy atom. The van der Waals surface area contributed by atoms with Crippen molar-refractivity contribution >= 4 is 11.6 Å². The van der Waals surface area contributed by atoms with Crippen molar-refractivity contribution < 1.29 is 29.2 Å². The summed E-state index contributed by atoms with van der Waals surface area (Å²) in [6.07, 6.45) is -8.19. The van der Waals surface area contributed by atoms with Crippen LogP contribution in [0.15, 0.2) is 29.4 Å². The Balaban J connectivity index is 2.22. The Morgan fingerprint density at radius 1 is 1.26 bits per heavy atom. The molecule has 1 amide bonds. The lowest BCUT2D eigenvalue weighted by molar-refractivity contribution is -0.217. The van der Waals surface area contributed by atoms with Gasteiger partial charge in [0.05, 0.1) is 0 Å². The zero-order chi connectivity index (χ0) is 17.1. The number of carbonyl (C=O) groups excluding carboxylic acids is 1. The minimum atomic E-state index is -1.73. The van der Waals surface area contributed by atoms with Crippen LogP contribution in [0.25, 0.3) is 10.4 Å². The molecule has 5 atom stereocenters. The molecule has 0 spiro atoms. The van der Waals surface area contributed by atoms with Gasteiger partial charge in [-0.15, -0.1) is 0 Å². The van der Waals surface area contributed by atoms with E-state index in [4.69, 9.17) is 10.3 Å². The van der Waals surface area contributed by atoms with Gasteiger partial charge in [-0.25, -0.2) is 4.39 Å². The quantitative estimate of drug-likeness (QED) is 0.404. The van der Waals surface area contributed by atoms with Gasteiger partial charge in [0.2, 0.25) is 0 Å². The predicted octanol–water partition coefficient (Wildman–Crippen LogP) is -0.0936. The van der Waals surface area contributed by atoms with E-state index in [0.717, 1.165) is 17.0 Å². The predicted molar refractivity (Wildman–Crippen MR) is 75.6 cm³/mol. The van der Waals surface area contributed by atoms with Gasteiger partial charge >= 0.3 is 0 Å². The Morgan fingerprint density at radius 2 is 1.87 bits per heavy atom. The summed E-state index contributed by atoms with van der Waals surface area (Å²) in [5.74, 6) is -1.24. The van der Waals surface area contributed by atoms with Crippen LogP contribution in [0.5, 0.6) is 0 Å². The summed E-state index contributed by atoms with van der Waals surface area (Å²) >= 11 is 0. The second-order valence-electron chi connectivity index (χ2n) is 5.00. The lowest BCUT2D eigenvalue weighted by Crippen LogP contribution is -2.61. The number of likely N-dealkylation sites (N-methyl/N-ethyl adjacent to an activating group) is 1. The van der Waals surface area contributed by atoms with Crippen LogP contribution >= 0.6 is 0 Å². The van der Waals surface area contributed by atoms with Crippen molar-refractivity contribution in [2.45, 2.75) is 30.6 Å². The average Bonchev–Trinajstić information content (AvgIpc) is 2.55. The first kappa shape index (κ1) is 17.1. The fourth-order valence-corrected chi connectivity index (χ4v) is 2.19. The van der Waals surface area contributed by atoms with E-state index in [1.54, 1.807) is 0 Å². The van der Waals surface area contributed by atoms with E-state index in [1.165, 1.54) is 19.2 Å². The number of anilines is 1. The second kappa shape index (κ2) is 6.90. The standard InChI is InChI=1S/C13H15FN4O5/c1-18(7-4-2-6(14)3-5-7)13(22)11-9(20)8(19)10(21)12(23-11)16-17-15/h2-5,8-12,19-21H,1H3/t8-,9-,10+,11-,12?/m0/s1.